The molecule has 10 heteroatoms. The first-order chi connectivity index (χ1) is 11.9. The number of nitrogens with one attached hydrogen (secondary N) is 1. The van der Waals surface area contributed by atoms with Crippen molar-refractivity contribution in [2.75, 3.05) is 11.9 Å². The summed E-state index contributed by atoms with van der Waals surface area (Å²) in [4.78, 5) is 11.5. The Balaban J connectivity index is 2.04. The second-order valence-corrected chi connectivity index (χ2v) is 7.77. The number of hydrogen-bond acceptors (Lipinski definition) is 6. The number of nitrogens with zero attached hydrogens (tertiary/aromatic N) is 3. The van der Waals surface area contributed by atoms with Crippen molar-refractivity contribution >= 4 is 45.9 Å². The van der Waals surface area contributed by atoms with Gasteiger partial charge in [0.15, 0.2) is 10.9 Å². The molecule has 3 N–H and O–H groups in total. The summed E-state index contributed by atoms with van der Waals surface area (Å²) in [6.07, 6.45) is -5.95. The van der Waals surface area contributed by atoms with E-state index in [-0.39, 0.29) is 16.4 Å². The summed E-state index contributed by atoms with van der Waals surface area (Å²) < 4.78 is 39.5. The standard InChI is InChI=1S/C16H17ClF3N5S/c1-6(14-24-11(16(18,19)20)10(26)13(21)25-14)8-4-7-9(12(17)23-8)22-5-15(7,2)3/h4,6,13,22H,5,21H2,1-3H3. The molecule has 1 aromatic rings. The molecule has 140 valence electrons. The molecule has 1 aromatic heterocycles. The highest BCUT2D eigenvalue weighted by Crippen LogP contribution is 2.41. The van der Waals surface area contributed by atoms with Crippen LogP contribution in [-0.2, 0) is 5.41 Å². The molecule has 0 bridgehead atoms. The Morgan fingerprint density at radius 2 is 2.08 bits per heavy atom. The summed E-state index contributed by atoms with van der Waals surface area (Å²) in [7, 11) is 0. The lowest BCUT2D eigenvalue weighted by molar-refractivity contribution is -0.0566. The highest BCUT2D eigenvalue weighted by Gasteiger charge is 2.43. The average Bonchev–Trinajstić information content (AvgIpc) is 2.84. The number of fused-ring (bicyclic) bond motifs is 1. The third-order valence-corrected chi connectivity index (χ3v) is 5.24. The molecule has 0 spiro atoms. The second kappa shape index (κ2) is 6.24. The van der Waals surface area contributed by atoms with Crippen LogP contribution in [0.1, 0.15) is 37.9 Å². The van der Waals surface area contributed by atoms with Crippen LogP contribution in [0.15, 0.2) is 16.1 Å². The molecule has 2 atom stereocenters. The fourth-order valence-corrected chi connectivity index (χ4v) is 3.43. The summed E-state index contributed by atoms with van der Waals surface area (Å²) in [5.74, 6) is -0.689. The van der Waals surface area contributed by atoms with Gasteiger partial charge in [0.25, 0.3) is 0 Å². The van der Waals surface area contributed by atoms with Crippen LogP contribution in [0.5, 0.6) is 0 Å². The van der Waals surface area contributed by atoms with Crippen LogP contribution in [0.25, 0.3) is 0 Å². The Hall–Kier alpha value is -1.58. The van der Waals surface area contributed by atoms with E-state index in [1.807, 2.05) is 19.9 Å². The molecule has 0 amide bonds. The number of anilines is 1. The van der Waals surface area contributed by atoms with Crippen molar-refractivity contribution in [2.45, 2.75) is 44.4 Å². The van der Waals surface area contributed by atoms with E-state index in [4.69, 9.17) is 29.6 Å². The van der Waals surface area contributed by atoms with Crippen LogP contribution in [0.3, 0.4) is 0 Å². The van der Waals surface area contributed by atoms with Crippen molar-refractivity contribution in [2.24, 2.45) is 15.7 Å². The number of aromatic nitrogens is 1. The molecular weight excluding hydrogens is 387 g/mol. The molecule has 2 aliphatic heterocycles. The molecule has 0 radical (unpaired) electrons. The highest BCUT2D eigenvalue weighted by molar-refractivity contribution is 7.82. The van der Waals surface area contributed by atoms with E-state index in [1.165, 1.54) is 0 Å². The van der Waals surface area contributed by atoms with Crippen molar-refractivity contribution in [1.29, 1.82) is 0 Å². The van der Waals surface area contributed by atoms with E-state index in [9.17, 15) is 13.2 Å². The zero-order chi connectivity index (χ0) is 19.4. The number of aliphatic imine (C=N–C) groups is 2. The highest BCUT2D eigenvalue weighted by atomic mass is 35.5. The Morgan fingerprint density at radius 3 is 2.69 bits per heavy atom. The third-order valence-electron chi connectivity index (χ3n) is 4.53. The largest absolute Gasteiger partial charge is 0.434 e. The predicted octanol–water partition coefficient (Wildman–Crippen LogP) is 3.61. The molecule has 0 saturated carbocycles. The van der Waals surface area contributed by atoms with E-state index in [0.717, 1.165) is 11.3 Å². The van der Waals surface area contributed by atoms with Gasteiger partial charge < -0.3 is 11.1 Å². The van der Waals surface area contributed by atoms with E-state index >= 15 is 0 Å². The van der Waals surface area contributed by atoms with Gasteiger partial charge in [-0.3, -0.25) is 0 Å². The number of thiocarbonyl (C=S) groups is 1. The van der Waals surface area contributed by atoms with Crippen LogP contribution in [0.4, 0.5) is 18.9 Å². The zero-order valence-corrected chi connectivity index (χ0v) is 15.9. The maximum atomic E-state index is 13.2. The maximum Gasteiger partial charge on any atom is 0.434 e. The lowest BCUT2D eigenvalue weighted by Gasteiger charge is -2.23. The van der Waals surface area contributed by atoms with Crippen LogP contribution in [0.2, 0.25) is 5.15 Å². The molecular formula is C16H17ClF3N5S. The first-order valence-corrected chi connectivity index (χ1v) is 8.68. The smallest absolute Gasteiger partial charge is 0.381 e. The van der Waals surface area contributed by atoms with E-state index < -0.39 is 28.8 Å². The first kappa shape index (κ1) is 19.2. The van der Waals surface area contributed by atoms with Crippen molar-refractivity contribution < 1.29 is 13.2 Å². The molecule has 2 aliphatic rings. The van der Waals surface area contributed by atoms with Gasteiger partial charge >= 0.3 is 6.18 Å². The third kappa shape index (κ3) is 3.23. The monoisotopic (exact) mass is 403 g/mol. The number of nitrogens with two attached hydrogens (primary N) is 1. The number of halogens is 4. The minimum atomic E-state index is -4.69. The van der Waals surface area contributed by atoms with Gasteiger partial charge in [0.05, 0.1) is 22.2 Å². The molecule has 3 heterocycles. The second-order valence-electron chi connectivity index (χ2n) is 6.97. The zero-order valence-electron chi connectivity index (χ0n) is 14.3. The predicted molar refractivity (Wildman–Crippen MR) is 101 cm³/mol. The number of pyridine rings is 1. The first-order valence-electron chi connectivity index (χ1n) is 7.90. The van der Waals surface area contributed by atoms with Crippen molar-refractivity contribution in [3.05, 3.63) is 22.5 Å². The lowest BCUT2D eigenvalue weighted by Crippen LogP contribution is -2.44. The number of amidine groups is 1. The van der Waals surface area contributed by atoms with Crippen molar-refractivity contribution in [3.63, 3.8) is 0 Å². The van der Waals surface area contributed by atoms with Crippen molar-refractivity contribution in [1.82, 2.24) is 4.98 Å². The Bertz CT molecular complexity index is 847. The van der Waals surface area contributed by atoms with E-state index in [2.05, 4.69) is 20.3 Å². The van der Waals surface area contributed by atoms with Crippen LogP contribution >= 0.6 is 23.8 Å². The van der Waals surface area contributed by atoms with Crippen LogP contribution in [0, 0.1) is 0 Å². The van der Waals surface area contributed by atoms with E-state index in [0.29, 0.717) is 12.2 Å². The normalized spacial score (nSPS) is 23.1. The minimum absolute atomic E-state index is 0.0642. The molecule has 3 rings (SSSR count). The Kier molecular flexibility index (Phi) is 4.61. The van der Waals surface area contributed by atoms with Gasteiger partial charge in [-0.05, 0) is 18.6 Å². The number of alkyl halides is 3. The van der Waals surface area contributed by atoms with Gasteiger partial charge in [0.2, 0.25) is 0 Å². The van der Waals surface area contributed by atoms with Gasteiger partial charge in [0, 0.05) is 12.0 Å². The quantitative estimate of drug-likeness (QED) is 0.584. The SMILES string of the molecule is CC(C1=NC(N)C(=S)C(C(F)(F)F)=N1)c1cc2c(c(Cl)n1)NCC2(C)C. The fraction of sp³-hybridized carbons (Fsp3) is 0.500. The molecule has 5 nitrogen and oxygen atoms in total. The molecule has 0 aliphatic carbocycles. The van der Waals surface area contributed by atoms with Gasteiger partial charge in [-0.25, -0.2) is 15.0 Å². The minimum Gasteiger partial charge on any atom is -0.381 e. The van der Waals surface area contributed by atoms with Crippen molar-refractivity contribution in [3.8, 4) is 0 Å². The van der Waals surface area contributed by atoms with E-state index in [1.54, 1.807) is 6.92 Å². The maximum absolute atomic E-state index is 13.2. The van der Waals surface area contributed by atoms with Gasteiger partial charge in [-0.2, -0.15) is 13.2 Å². The average molecular weight is 404 g/mol. The number of rotatable bonds is 2. The van der Waals surface area contributed by atoms with Gasteiger partial charge in [-0.1, -0.05) is 37.7 Å². The lowest BCUT2D eigenvalue weighted by atomic mass is 9.86. The molecule has 0 aromatic carbocycles. The van der Waals surface area contributed by atoms with Crippen LogP contribution in [-0.4, -0.2) is 40.3 Å². The summed E-state index contributed by atoms with van der Waals surface area (Å²) >= 11 is 11.0. The molecule has 2 unspecified atom stereocenters. The summed E-state index contributed by atoms with van der Waals surface area (Å²) in [6.45, 7) is 6.45. The van der Waals surface area contributed by atoms with Gasteiger partial charge in [0.1, 0.15) is 12.0 Å². The molecule has 26 heavy (non-hydrogen) atoms. The van der Waals surface area contributed by atoms with Gasteiger partial charge in [-0.15, -0.1) is 0 Å². The summed E-state index contributed by atoms with van der Waals surface area (Å²) in [5, 5.41) is 3.48. The van der Waals surface area contributed by atoms with Crippen LogP contribution < -0.4 is 11.1 Å². The Morgan fingerprint density at radius 1 is 1.42 bits per heavy atom. The number of hydrogen-bond donors (Lipinski definition) is 2. The Labute approximate surface area is 158 Å². The summed E-state index contributed by atoms with van der Waals surface area (Å²) in [5.41, 5.74) is 6.50. The topological polar surface area (TPSA) is 75.7 Å². The molecule has 0 saturated heterocycles. The summed E-state index contributed by atoms with van der Waals surface area (Å²) in [6, 6.07) is 1.83. The molecule has 0 fully saturated rings. The fourth-order valence-electron chi connectivity index (χ4n) is 2.94.